The number of thioether (sulfide) groups is 1. The van der Waals surface area contributed by atoms with Crippen LogP contribution in [0, 0.1) is 11.3 Å². The molecule has 0 aliphatic heterocycles. The van der Waals surface area contributed by atoms with E-state index in [0.717, 1.165) is 0 Å². The van der Waals surface area contributed by atoms with Crippen LogP contribution in [0.25, 0.3) is 0 Å². The van der Waals surface area contributed by atoms with Crippen LogP contribution in [0.3, 0.4) is 0 Å². The first-order valence-corrected chi connectivity index (χ1v) is 6.30. The quantitative estimate of drug-likeness (QED) is 0.471. The molecule has 114 valence electrons. The SMILES string of the molecule is CCOC(=O)c1c(C#N)cc(C(F)F)cc1SC(F)(F)F. The molecule has 0 unspecified atom stereocenters. The van der Waals surface area contributed by atoms with Crippen molar-refractivity contribution in [3.05, 3.63) is 28.8 Å². The Morgan fingerprint density at radius 1 is 1.43 bits per heavy atom. The van der Waals surface area contributed by atoms with Gasteiger partial charge in [0.15, 0.2) is 0 Å². The van der Waals surface area contributed by atoms with Crippen LogP contribution in [0.5, 0.6) is 0 Å². The predicted octanol–water partition coefficient (Wildman–Crippen LogP) is 4.28. The van der Waals surface area contributed by atoms with Gasteiger partial charge in [-0.15, -0.1) is 0 Å². The van der Waals surface area contributed by atoms with Gasteiger partial charge in [-0.1, -0.05) is 0 Å². The molecule has 21 heavy (non-hydrogen) atoms. The van der Waals surface area contributed by atoms with Gasteiger partial charge in [-0.05, 0) is 30.8 Å². The highest BCUT2D eigenvalue weighted by Gasteiger charge is 2.33. The number of hydrogen-bond acceptors (Lipinski definition) is 4. The molecule has 1 rings (SSSR count). The zero-order chi connectivity index (χ0) is 16.2. The zero-order valence-electron chi connectivity index (χ0n) is 10.5. The van der Waals surface area contributed by atoms with E-state index in [1.807, 2.05) is 0 Å². The number of benzene rings is 1. The maximum absolute atomic E-state index is 12.7. The Hall–Kier alpha value is -1.82. The third-order valence-electron chi connectivity index (χ3n) is 2.20. The minimum Gasteiger partial charge on any atom is -0.462 e. The molecule has 0 fully saturated rings. The van der Waals surface area contributed by atoms with Crippen molar-refractivity contribution in [1.82, 2.24) is 0 Å². The summed E-state index contributed by atoms with van der Waals surface area (Å²) in [7, 11) is 0. The van der Waals surface area contributed by atoms with E-state index in [1.54, 1.807) is 0 Å². The van der Waals surface area contributed by atoms with Crippen molar-refractivity contribution in [2.24, 2.45) is 0 Å². The number of nitriles is 1. The summed E-state index contributed by atoms with van der Waals surface area (Å²) in [5.74, 6) is -1.17. The molecule has 0 heterocycles. The van der Waals surface area contributed by atoms with Crippen LogP contribution in [-0.2, 0) is 4.74 Å². The fourth-order valence-corrected chi connectivity index (χ4v) is 2.21. The lowest BCUT2D eigenvalue weighted by atomic mass is 10.0. The minimum absolute atomic E-state index is 0.129. The van der Waals surface area contributed by atoms with E-state index < -0.39 is 51.3 Å². The number of rotatable bonds is 4. The molecule has 0 aliphatic rings. The van der Waals surface area contributed by atoms with Crippen LogP contribution in [0.2, 0.25) is 0 Å². The number of esters is 1. The van der Waals surface area contributed by atoms with Crippen molar-refractivity contribution in [3.63, 3.8) is 0 Å². The monoisotopic (exact) mass is 325 g/mol. The molecule has 1 aromatic rings. The van der Waals surface area contributed by atoms with Crippen molar-refractivity contribution in [2.75, 3.05) is 6.61 Å². The summed E-state index contributed by atoms with van der Waals surface area (Å²) < 4.78 is 67.3. The fraction of sp³-hybridized carbons (Fsp3) is 0.333. The van der Waals surface area contributed by atoms with Gasteiger partial charge in [-0.3, -0.25) is 0 Å². The number of carbonyl (C=O) groups excluding carboxylic acids is 1. The van der Waals surface area contributed by atoms with Gasteiger partial charge in [0, 0.05) is 10.5 Å². The lowest BCUT2D eigenvalue weighted by Crippen LogP contribution is -2.11. The van der Waals surface area contributed by atoms with Crippen molar-refractivity contribution in [2.45, 2.75) is 23.8 Å². The van der Waals surface area contributed by atoms with Gasteiger partial charge in [0.05, 0.1) is 17.7 Å². The summed E-state index contributed by atoms with van der Waals surface area (Å²) in [6.07, 6.45) is -3.07. The Kier molecular flexibility index (Phi) is 5.54. The number of ether oxygens (including phenoxy) is 1. The van der Waals surface area contributed by atoms with Gasteiger partial charge in [-0.25, -0.2) is 13.6 Å². The normalized spacial score (nSPS) is 11.3. The largest absolute Gasteiger partial charge is 0.462 e. The number of carbonyl (C=O) groups is 1. The van der Waals surface area contributed by atoms with Gasteiger partial charge < -0.3 is 4.74 Å². The van der Waals surface area contributed by atoms with Gasteiger partial charge in [0.2, 0.25) is 0 Å². The highest BCUT2D eigenvalue weighted by Crippen LogP contribution is 2.41. The van der Waals surface area contributed by atoms with Crippen molar-refractivity contribution in [3.8, 4) is 6.07 Å². The van der Waals surface area contributed by atoms with E-state index in [0.29, 0.717) is 12.1 Å². The Morgan fingerprint density at radius 2 is 2.05 bits per heavy atom. The number of alkyl halides is 5. The Labute approximate surface area is 120 Å². The lowest BCUT2D eigenvalue weighted by molar-refractivity contribution is -0.0328. The van der Waals surface area contributed by atoms with Crippen LogP contribution in [0.4, 0.5) is 22.0 Å². The minimum atomic E-state index is -4.80. The molecule has 3 nitrogen and oxygen atoms in total. The van der Waals surface area contributed by atoms with Gasteiger partial charge in [0.1, 0.15) is 6.07 Å². The summed E-state index contributed by atoms with van der Waals surface area (Å²) in [5, 5.41) is 8.87. The summed E-state index contributed by atoms with van der Waals surface area (Å²) in [6, 6.07) is 2.66. The Bertz CT molecular complexity index is 580. The van der Waals surface area contributed by atoms with E-state index in [4.69, 9.17) is 5.26 Å². The van der Waals surface area contributed by atoms with Crippen LogP contribution in [0.15, 0.2) is 17.0 Å². The third kappa shape index (κ3) is 4.60. The predicted molar refractivity (Wildman–Crippen MR) is 64.0 cm³/mol. The Balaban J connectivity index is 3.50. The molecule has 0 saturated heterocycles. The maximum Gasteiger partial charge on any atom is 0.446 e. The molecule has 0 N–H and O–H groups in total. The highest BCUT2D eigenvalue weighted by atomic mass is 32.2. The van der Waals surface area contributed by atoms with E-state index >= 15 is 0 Å². The summed E-state index contributed by atoms with van der Waals surface area (Å²) in [4.78, 5) is 10.9. The van der Waals surface area contributed by atoms with Crippen molar-refractivity contribution < 1.29 is 31.5 Å². The van der Waals surface area contributed by atoms with E-state index in [-0.39, 0.29) is 6.61 Å². The highest BCUT2D eigenvalue weighted by molar-refractivity contribution is 8.00. The average molecular weight is 325 g/mol. The van der Waals surface area contributed by atoms with E-state index in [1.165, 1.54) is 13.0 Å². The molecular weight excluding hydrogens is 317 g/mol. The molecule has 0 aromatic heterocycles. The zero-order valence-corrected chi connectivity index (χ0v) is 11.3. The second kappa shape index (κ2) is 6.76. The van der Waals surface area contributed by atoms with Crippen molar-refractivity contribution in [1.29, 1.82) is 5.26 Å². The van der Waals surface area contributed by atoms with Crippen LogP contribution >= 0.6 is 11.8 Å². The molecule has 0 radical (unpaired) electrons. The number of halogens is 5. The second-order valence-corrected chi connectivity index (χ2v) is 4.73. The molecule has 9 heteroatoms. The van der Waals surface area contributed by atoms with E-state index in [2.05, 4.69) is 4.74 Å². The molecule has 0 atom stereocenters. The fourth-order valence-electron chi connectivity index (χ4n) is 1.47. The first-order valence-electron chi connectivity index (χ1n) is 5.48. The summed E-state index contributed by atoms with van der Waals surface area (Å²) >= 11 is -0.743. The molecule has 0 spiro atoms. The first kappa shape index (κ1) is 17.2. The van der Waals surface area contributed by atoms with E-state index in [9.17, 15) is 26.7 Å². The molecule has 0 bridgehead atoms. The third-order valence-corrected chi connectivity index (χ3v) is 2.98. The average Bonchev–Trinajstić information content (AvgIpc) is 2.35. The van der Waals surface area contributed by atoms with Crippen LogP contribution < -0.4 is 0 Å². The standard InChI is InChI=1S/C12H8F5NO2S/c1-2-20-11(19)9-7(5-18)3-6(10(13)14)4-8(9)21-12(15,16)17/h3-4,10H,2H2,1H3. The second-order valence-electron chi connectivity index (χ2n) is 3.62. The van der Waals surface area contributed by atoms with Crippen LogP contribution in [0.1, 0.15) is 34.8 Å². The molecular formula is C12H8F5NO2S. The Morgan fingerprint density at radius 3 is 2.48 bits per heavy atom. The number of nitrogens with zero attached hydrogens (tertiary/aromatic N) is 1. The topological polar surface area (TPSA) is 50.1 Å². The van der Waals surface area contributed by atoms with Gasteiger partial charge >= 0.3 is 11.5 Å². The molecule has 1 aromatic carbocycles. The maximum atomic E-state index is 12.7. The first-order chi connectivity index (χ1) is 9.69. The summed E-state index contributed by atoms with van der Waals surface area (Å²) in [5.41, 5.74) is -6.82. The molecule has 0 saturated carbocycles. The van der Waals surface area contributed by atoms with Crippen LogP contribution in [-0.4, -0.2) is 18.1 Å². The summed E-state index contributed by atoms with van der Waals surface area (Å²) in [6.45, 7) is 1.30. The van der Waals surface area contributed by atoms with Crippen molar-refractivity contribution >= 4 is 17.7 Å². The smallest absolute Gasteiger partial charge is 0.446 e. The van der Waals surface area contributed by atoms with Gasteiger partial charge in [0.25, 0.3) is 6.43 Å². The number of hydrogen-bond donors (Lipinski definition) is 0. The lowest BCUT2D eigenvalue weighted by Gasteiger charge is -2.13. The molecule has 0 aliphatic carbocycles. The van der Waals surface area contributed by atoms with Gasteiger partial charge in [-0.2, -0.15) is 18.4 Å². The molecule has 0 amide bonds.